The van der Waals surface area contributed by atoms with Gasteiger partial charge >= 0.3 is 0 Å². The first-order valence-electron chi connectivity index (χ1n) is 5.99. The van der Waals surface area contributed by atoms with Gasteiger partial charge in [0, 0.05) is 6.54 Å². The van der Waals surface area contributed by atoms with Crippen molar-refractivity contribution in [3.8, 4) is 5.75 Å². The minimum Gasteiger partial charge on any atom is -0.488 e. The molecule has 4 heteroatoms. The van der Waals surface area contributed by atoms with Crippen molar-refractivity contribution < 1.29 is 9.13 Å². The third kappa shape index (κ3) is 4.04. The third-order valence-electron chi connectivity index (χ3n) is 2.66. The summed E-state index contributed by atoms with van der Waals surface area (Å²) in [5, 5.41) is 3.11. The lowest BCUT2D eigenvalue weighted by Crippen LogP contribution is -2.05. The van der Waals surface area contributed by atoms with Crippen LogP contribution in [0.2, 0.25) is 0 Å². The Hall–Kier alpha value is -1.39. The number of hydrogen-bond acceptors (Lipinski definition) is 2. The molecule has 0 aliphatic heterocycles. The van der Waals surface area contributed by atoms with Crippen molar-refractivity contribution in [3.05, 3.63) is 63.9 Å². The van der Waals surface area contributed by atoms with E-state index in [1.165, 1.54) is 17.7 Å². The van der Waals surface area contributed by atoms with E-state index in [-0.39, 0.29) is 5.82 Å². The first-order chi connectivity index (χ1) is 9.19. The van der Waals surface area contributed by atoms with Gasteiger partial charge in [0.15, 0.2) is 0 Å². The van der Waals surface area contributed by atoms with Crippen molar-refractivity contribution in [2.24, 2.45) is 0 Å². The van der Waals surface area contributed by atoms with Gasteiger partial charge in [-0.05, 0) is 52.3 Å². The molecule has 0 saturated heterocycles. The quantitative estimate of drug-likeness (QED) is 0.901. The Morgan fingerprint density at radius 3 is 2.68 bits per heavy atom. The zero-order valence-corrected chi connectivity index (χ0v) is 12.2. The Kier molecular flexibility index (Phi) is 4.93. The van der Waals surface area contributed by atoms with E-state index in [0.717, 1.165) is 12.1 Å². The van der Waals surface area contributed by atoms with Gasteiger partial charge in [-0.1, -0.05) is 24.3 Å². The topological polar surface area (TPSA) is 21.3 Å². The van der Waals surface area contributed by atoms with E-state index in [4.69, 9.17) is 4.74 Å². The molecule has 2 aromatic rings. The van der Waals surface area contributed by atoms with Crippen LogP contribution in [-0.4, -0.2) is 7.05 Å². The summed E-state index contributed by atoms with van der Waals surface area (Å²) in [4.78, 5) is 0. The molecule has 0 unspecified atom stereocenters. The van der Waals surface area contributed by atoms with Crippen LogP contribution in [0.25, 0.3) is 0 Å². The monoisotopic (exact) mass is 323 g/mol. The highest BCUT2D eigenvalue weighted by Crippen LogP contribution is 2.26. The van der Waals surface area contributed by atoms with Crippen LogP contribution in [0.5, 0.6) is 5.75 Å². The zero-order chi connectivity index (χ0) is 13.7. The van der Waals surface area contributed by atoms with Gasteiger partial charge in [-0.3, -0.25) is 0 Å². The molecule has 0 amide bonds. The van der Waals surface area contributed by atoms with Crippen molar-refractivity contribution in [2.45, 2.75) is 13.2 Å². The van der Waals surface area contributed by atoms with Crippen molar-refractivity contribution in [2.75, 3.05) is 7.05 Å². The predicted octanol–water partition coefficient (Wildman–Crippen LogP) is 3.89. The molecule has 1 N–H and O–H groups in total. The van der Waals surface area contributed by atoms with Gasteiger partial charge in [-0.2, -0.15) is 0 Å². The Balaban J connectivity index is 2.03. The smallest absolute Gasteiger partial charge is 0.134 e. The van der Waals surface area contributed by atoms with Gasteiger partial charge in [0.25, 0.3) is 0 Å². The summed E-state index contributed by atoms with van der Waals surface area (Å²) in [5.74, 6) is 0.357. The average Bonchev–Trinajstić information content (AvgIpc) is 2.38. The summed E-state index contributed by atoms with van der Waals surface area (Å²) in [6.07, 6.45) is 0. The van der Waals surface area contributed by atoms with E-state index < -0.39 is 0 Å². The van der Waals surface area contributed by atoms with Crippen molar-refractivity contribution >= 4 is 15.9 Å². The normalized spacial score (nSPS) is 10.5. The summed E-state index contributed by atoms with van der Waals surface area (Å²) < 4.78 is 19.3. The van der Waals surface area contributed by atoms with Gasteiger partial charge in [0.1, 0.15) is 18.2 Å². The molecule has 2 nitrogen and oxygen atoms in total. The summed E-state index contributed by atoms with van der Waals surface area (Å²) in [6.45, 7) is 1.29. The highest BCUT2D eigenvalue weighted by atomic mass is 79.9. The zero-order valence-electron chi connectivity index (χ0n) is 10.6. The van der Waals surface area contributed by atoms with Crippen LogP contribution in [0.4, 0.5) is 4.39 Å². The fraction of sp³-hybridized carbons (Fsp3) is 0.200. The molecule has 100 valence electrons. The van der Waals surface area contributed by atoms with Crippen molar-refractivity contribution in [1.82, 2.24) is 5.32 Å². The van der Waals surface area contributed by atoms with Crippen LogP contribution in [0, 0.1) is 5.82 Å². The Bertz CT molecular complexity index is 560. The van der Waals surface area contributed by atoms with Crippen LogP contribution in [0.3, 0.4) is 0 Å². The Morgan fingerprint density at radius 1 is 1.16 bits per heavy atom. The second kappa shape index (κ2) is 6.68. The molecule has 0 aliphatic carbocycles. The third-order valence-corrected chi connectivity index (χ3v) is 3.28. The SMILES string of the molecule is CNCc1cccc(COc2ccc(F)cc2Br)c1. The number of rotatable bonds is 5. The maximum Gasteiger partial charge on any atom is 0.134 e. The van der Waals surface area contributed by atoms with Gasteiger partial charge in [0.05, 0.1) is 4.47 Å². The maximum absolute atomic E-state index is 13.0. The maximum atomic E-state index is 13.0. The molecule has 0 bridgehead atoms. The van der Waals surface area contributed by atoms with Gasteiger partial charge in [0.2, 0.25) is 0 Å². The van der Waals surface area contributed by atoms with E-state index in [9.17, 15) is 4.39 Å². The molecule has 0 saturated carbocycles. The van der Waals surface area contributed by atoms with E-state index in [1.54, 1.807) is 6.07 Å². The van der Waals surface area contributed by atoms with Gasteiger partial charge < -0.3 is 10.1 Å². The number of ether oxygens (including phenoxy) is 1. The van der Waals surface area contributed by atoms with Crippen LogP contribution in [0.15, 0.2) is 46.9 Å². The average molecular weight is 324 g/mol. The van der Waals surface area contributed by atoms with Gasteiger partial charge in [-0.15, -0.1) is 0 Å². The number of halogens is 2. The Morgan fingerprint density at radius 2 is 1.95 bits per heavy atom. The van der Waals surface area contributed by atoms with Crippen molar-refractivity contribution in [1.29, 1.82) is 0 Å². The molecule has 0 spiro atoms. The van der Waals surface area contributed by atoms with E-state index in [0.29, 0.717) is 16.8 Å². The molecule has 0 aromatic heterocycles. The molecule has 0 radical (unpaired) electrons. The molecular weight excluding hydrogens is 309 g/mol. The molecule has 2 rings (SSSR count). The lowest BCUT2D eigenvalue weighted by molar-refractivity contribution is 0.303. The van der Waals surface area contributed by atoms with E-state index in [2.05, 4.69) is 33.4 Å². The van der Waals surface area contributed by atoms with E-state index >= 15 is 0 Å². The second-order valence-electron chi connectivity index (χ2n) is 4.21. The summed E-state index contributed by atoms with van der Waals surface area (Å²) >= 11 is 3.28. The van der Waals surface area contributed by atoms with E-state index in [1.807, 2.05) is 19.2 Å². The lowest BCUT2D eigenvalue weighted by atomic mass is 10.1. The second-order valence-corrected chi connectivity index (χ2v) is 5.07. The molecule has 19 heavy (non-hydrogen) atoms. The fourth-order valence-corrected chi connectivity index (χ4v) is 2.25. The first kappa shape index (κ1) is 14.0. The summed E-state index contributed by atoms with van der Waals surface area (Å²) in [7, 11) is 1.92. The highest BCUT2D eigenvalue weighted by Gasteiger charge is 2.03. The van der Waals surface area contributed by atoms with Crippen LogP contribution < -0.4 is 10.1 Å². The number of hydrogen-bond donors (Lipinski definition) is 1. The standard InChI is InChI=1S/C15H15BrFNO/c1-18-9-11-3-2-4-12(7-11)10-19-15-6-5-13(17)8-14(15)16/h2-8,18H,9-10H2,1H3. The predicted molar refractivity (Wildman–Crippen MR) is 77.6 cm³/mol. The Labute approximate surface area is 120 Å². The minimum absolute atomic E-state index is 0.282. The lowest BCUT2D eigenvalue weighted by Gasteiger charge is -2.09. The van der Waals surface area contributed by atoms with Gasteiger partial charge in [-0.25, -0.2) is 4.39 Å². The largest absolute Gasteiger partial charge is 0.488 e. The summed E-state index contributed by atoms with van der Waals surface area (Å²) in [6, 6.07) is 12.6. The molecule has 2 aromatic carbocycles. The highest BCUT2D eigenvalue weighted by molar-refractivity contribution is 9.10. The molecular formula is C15H15BrFNO. The number of benzene rings is 2. The van der Waals surface area contributed by atoms with Crippen LogP contribution in [-0.2, 0) is 13.2 Å². The van der Waals surface area contributed by atoms with Crippen molar-refractivity contribution in [3.63, 3.8) is 0 Å². The first-order valence-corrected chi connectivity index (χ1v) is 6.78. The fourth-order valence-electron chi connectivity index (χ4n) is 1.79. The molecule has 0 atom stereocenters. The van der Waals surface area contributed by atoms with Crippen LogP contribution in [0.1, 0.15) is 11.1 Å². The van der Waals surface area contributed by atoms with Crippen LogP contribution >= 0.6 is 15.9 Å². The molecule has 0 heterocycles. The minimum atomic E-state index is -0.282. The summed E-state index contributed by atoms with van der Waals surface area (Å²) in [5.41, 5.74) is 2.30. The molecule has 0 aliphatic rings. The number of nitrogens with one attached hydrogen (secondary N) is 1. The molecule has 0 fully saturated rings.